The molecule has 1 N–H and O–H groups in total. The van der Waals surface area contributed by atoms with Gasteiger partial charge in [0.25, 0.3) is 5.91 Å². The fraction of sp³-hybridized carbons (Fsp3) is 0.524. The van der Waals surface area contributed by atoms with Gasteiger partial charge in [0.05, 0.1) is 5.54 Å². The second-order valence-electron chi connectivity index (χ2n) is 8.24. The third kappa shape index (κ3) is 5.08. The quantitative estimate of drug-likeness (QED) is 0.827. The van der Waals surface area contributed by atoms with Crippen LogP contribution in [0, 0.1) is 6.92 Å². The molecule has 1 saturated heterocycles. The summed E-state index contributed by atoms with van der Waals surface area (Å²) < 4.78 is 19.8. The molecule has 1 atom stereocenters. The highest BCUT2D eigenvalue weighted by atomic mass is 32.2. The van der Waals surface area contributed by atoms with Crippen LogP contribution in [0.5, 0.6) is 0 Å². The standard InChI is InChI=1S/C21H29N3O3S/c1-15-12-19(23-24(15)21(2,3)4)20(25)22-17-7-5-6-16(13-17)14-28(26)18-8-10-27-11-9-18/h5-7,12-13,18H,8-11,14H2,1-4H3,(H,22,25). The summed E-state index contributed by atoms with van der Waals surface area (Å²) in [4.78, 5) is 12.6. The first-order chi connectivity index (χ1) is 13.2. The van der Waals surface area contributed by atoms with Crippen LogP contribution in [0.4, 0.5) is 5.69 Å². The molecule has 1 unspecified atom stereocenters. The van der Waals surface area contributed by atoms with E-state index >= 15 is 0 Å². The molecule has 1 aliphatic rings. The van der Waals surface area contributed by atoms with Crippen molar-refractivity contribution in [2.75, 3.05) is 18.5 Å². The first kappa shape index (κ1) is 20.7. The van der Waals surface area contributed by atoms with Gasteiger partial charge in [0.2, 0.25) is 0 Å². The summed E-state index contributed by atoms with van der Waals surface area (Å²) in [5.74, 6) is 0.250. The molecule has 1 aromatic carbocycles. The lowest BCUT2D eigenvalue weighted by atomic mass is 10.1. The lowest BCUT2D eigenvalue weighted by molar-refractivity contribution is 0.0991. The Morgan fingerprint density at radius 2 is 2.00 bits per heavy atom. The van der Waals surface area contributed by atoms with Crippen molar-refractivity contribution in [1.29, 1.82) is 0 Å². The summed E-state index contributed by atoms with van der Waals surface area (Å²) in [6.45, 7) is 9.48. The average molecular weight is 404 g/mol. The number of hydrogen-bond donors (Lipinski definition) is 1. The molecule has 2 heterocycles. The Kier molecular flexibility index (Phi) is 6.35. The van der Waals surface area contributed by atoms with Gasteiger partial charge in [-0.15, -0.1) is 0 Å². The Balaban J connectivity index is 1.67. The number of benzene rings is 1. The van der Waals surface area contributed by atoms with E-state index < -0.39 is 10.8 Å². The van der Waals surface area contributed by atoms with Crippen molar-refractivity contribution >= 4 is 22.4 Å². The zero-order valence-electron chi connectivity index (χ0n) is 17.0. The third-order valence-corrected chi connectivity index (χ3v) is 6.62. The van der Waals surface area contributed by atoms with Gasteiger partial charge in [0.1, 0.15) is 0 Å². The highest BCUT2D eigenvalue weighted by Gasteiger charge is 2.22. The van der Waals surface area contributed by atoms with Crippen molar-refractivity contribution in [2.45, 2.75) is 57.1 Å². The number of carbonyl (C=O) groups is 1. The summed E-state index contributed by atoms with van der Waals surface area (Å²) in [5, 5.41) is 7.55. The van der Waals surface area contributed by atoms with E-state index in [0.717, 1.165) is 24.1 Å². The molecule has 152 valence electrons. The van der Waals surface area contributed by atoms with E-state index in [9.17, 15) is 9.00 Å². The minimum Gasteiger partial charge on any atom is -0.381 e. The summed E-state index contributed by atoms with van der Waals surface area (Å²) in [6.07, 6.45) is 1.69. The summed E-state index contributed by atoms with van der Waals surface area (Å²) in [6, 6.07) is 9.36. The molecule has 3 rings (SSSR count). The molecule has 1 fully saturated rings. The van der Waals surface area contributed by atoms with Gasteiger partial charge >= 0.3 is 0 Å². The highest BCUT2D eigenvalue weighted by Crippen LogP contribution is 2.20. The van der Waals surface area contributed by atoms with Gasteiger partial charge in [-0.05, 0) is 64.3 Å². The molecule has 28 heavy (non-hydrogen) atoms. The number of aryl methyl sites for hydroxylation is 1. The van der Waals surface area contributed by atoms with Crippen LogP contribution >= 0.6 is 0 Å². The van der Waals surface area contributed by atoms with Gasteiger partial charge in [0, 0.05) is 46.4 Å². The number of amides is 1. The van der Waals surface area contributed by atoms with E-state index in [1.54, 1.807) is 6.07 Å². The zero-order chi connectivity index (χ0) is 20.3. The molecular formula is C21H29N3O3S. The maximum Gasteiger partial charge on any atom is 0.276 e. The van der Waals surface area contributed by atoms with E-state index in [1.165, 1.54) is 0 Å². The van der Waals surface area contributed by atoms with Crippen molar-refractivity contribution in [3.05, 3.63) is 47.3 Å². The van der Waals surface area contributed by atoms with Gasteiger partial charge in [-0.25, -0.2) is 0 Å². The van der Waals surface area contributed by atoms with Crippen molar-refractivity contribution in [3.8, 4) is 0 Å². The van der Waals surface area contributed by atoms with Crippen LogP contribution in [-0.4, -0.2) is 38.4 Å². The molecule has 0 radical (unpaired) electrons. The molecule has 0 spiro atoms. The molecule has 1 aromatic heterocycles. The molecule has 6 nitrogen and oxygen atoms in total. The van der Waals surface area contributed by atoms with Crippen LogP contribution in [0.15, 0.2) is 30.3 Å². The van der Waals surface area contributed by atoms with Gasteiger partial charge < -0.3 is 10.1 Å². The third-order valence-electron chi connectivity index (χ3n) is 4.79. The van der Waals surface area contributed by atoms with Gasteiger partial charge in [-0.1, -0.05) is 12.1 Å². The first-order valence-corrected chi connectivity index (χ1v) is 11.0. The Hall–Kier alpha value is -1.99. The van der Waals surface area contributed by atoms with Crippen molar-refractivity contribution < 1.29 is 13.7 Å². The second kappa shape index (κ2) is 8.57. The second-order valence-corrected chi connectivity index (χ2v) is 9.96. The number of anilines is 1. The lowest BCUT2D eigenvalue weighted by Crippen LogP contribution is -2.25. The van der Waals surface area contributed by atoms with Gasteiger partial charge in [-0.2, -0.15) is 5.10 Å². The number of ether oxygens (including phenoxy) is 1. The zero-order valence-corrected chi connectivity index (χ0v) is 17.8. The fourth-order valence-electron chi connectivity index (χ4n) is 3.42. The topological polar surface area (TPSA) is 73.2 Å². The number of nitrogens with zero attached hydrogens (tertiary/aromatic N) is 2. The molecule has 1 amide bonds. The summed E-state index contributed by atoms with van der Waals surface area (Å²) in [5.41, 5.74) is 2.80. The normalized spacial score (nSPS) is 16.7. The van der Waals surface area contributed by atoms with E-state index in [-0.39, 0.29) is 16.7 Å². The maximum absolute atomic E-state index is 12.6. The molecule has 1 aliphatic heterocycles. The largest absolute Gasteiger partial charge is 0.381 e. The number of hydrogen-bond acceptors (Lipinski definition) is 4. The SMILES string of the molecule is Cc1cc(C(=O)Nc2cccc(CS(=O)C3CCOCC3)c2)nn1C(C)(C)C. The van der Waals surface area contributed by atoms with Crippen LogP contribution in [0.25, 0.3) is 0 Å². The van der Waals surface area contributed by atoms with Crippen molar-refractivity contribution in [1.82, 2.24) is 9.78 Å². The molecule has 7 heteroatoms. The number of aromatic nitrogens is 2. The molecule has 0 saturated carbocycles. The number of nitrogens with one attached hydrogen (secondary N) is 1. The van der Waals surface area contributed by atoms with Crippen LogP contribution < -0.4 is 5.32 Å². The van der Waals surface area contributed by atoms with E-state index in [2.05, 4.69) is 31.2 Å². The lowest BCUT2D eigenvalue weighted by Gasteiger charge is -2.21. The van der Waals surface area contributed by atoms with E-state index in [4.69, 9.17) is 4.74 Å². The smallest absolute Gasteiger partial charge is 0.276 e. The molecule has 2 aromatic rings. The van der Waals surface area contributed by atoms with Crippen LogP contribution in [0.2, 0.25) is 0 Å². The Bertz CT molecular complexity index is 864. The fourth-order valence-corrected chi connectivity index (χ4v) is 4.88. The van der Waals surface area contributed by atoms with Gasteiger partial charge in [-0.3, -0.25) is 13.7 Å². The maximum atomic E-state index is 12.6. The molecule has 0 aliphatic carbocycles. The predicted octanol–water partition coefficient (Wildman–Crippen LogP) is 3.63. The van der Waals surface area contributed by atoms with Crippen LogP contribution in [-0.2, 0) is 26.8 Å². The number of carbonyl (C=O) groups excluding carboxylic acids is 1. The Morgan fingerprint density at radius 3 is 2.64 bits per heavy atom. The van der Waals surface area contributed by atoms with Gasteiger partial charge in [0.15, 0.2) is 5.69 Å². The Labute approximate surface area is 169 Å². The van der Waals surface area contributed by atoms with E-state index in [0.29, 0.717) is 30.3 Å². The van der Waals surface area contributed by atoms with Crippen LogP contribution in [0.3, 0.4) is 0 Å². The minimum absolute atomic E-state index is 0.184. The minimum atomic E-state index is -0.933. The highest BCUT2D eigenvalue weighted by molar-refractivity contribution is 7.84. The first-order valence-electron chi connectivity index (χ1n) is 9.66. The van der Waals surface area contributed by atoms with Crippen LogP contribution in [0.1, 0.15) is 55.4 Å². The van der Waals surface area contributed by atoms with Crippen molar-refractivity contribution in [3.63, 3.8) is 0 Å². The van der Waals surface area contributed by atoms with Crippen molar-refractivity contribution in [2.24, 2.45) is 0 Å². The predicted molar refractivity (Wildman–Crippen MR) is 112 cm³/mol. The number of rotatable bonds is 5. The molecule has 0 bridgehead atoms. The molecular weight excluding hydrogens is 374 g/mol. The Morgan fingerprint density at radius 1 is 1.29 bits per heavy atom. The monoisotopic (exact) mass is 403 g/mol. The summed E-state index contributed by atoms with van der Waals surface area (Å²) in [7, 11) is -0.933. The van der Waals surface area contributed by atoms with E-state index in [1.807, 2.05) is 35.9 Å². The average Bonchev–Trinajstić information content (AvgIpc) is 3.05. The summed E-state index contributed by atoms with van der Waals surface area (Å²) >= 11 is 0.